The predicted octanol–water partition coefficient (Wildman–Crippen LogP) is 2.67. The minimum atomic E-state index is -4.09. The summed E-state index contributed by atoms with van der Waals surface area (Å²) in [5.41, 5.74) is 3.35. The second-order valence-corrected chi connectivity index (χ2v) is 5.92. The lowest BCUT2D eigenvalue weighted by molar-refractivity contribution is -0.136. The van der Waals surface area contributed by atoms with Crippen molar-refractivity contribution in [1.29, 1.82) is 0 Å². The molecule has 0 aliphatic carbocycles. The molecule has 0 spiro atoms. The number of alkyl halides is 3. The van der Waals surface area contributed by atoms with Crippen LogP contribution in [0.15, 0.2) is 30.3 Å². The molecule has 8 heteroatoms. The fraction of sp³-hybridized carbons (Fsp3) is 0.471. The van der Waals surface area contributed by atoms with E-state index in [0.717, 1.165) is 11.3 Å². The molecule has 1 heterocycles. The first-order chi connectivity index (χ1) is 11.9. The summed E-state index contributed by atoms with van der Waals surface area (Å²) < 4.78 is 36.6. The van der Waals surface area contributed by atoms with Crippen molar-refractivity contribution in [3.63, 3.8) is 0 Å². The Labute approximate surface area is 144 Å². The number of amides is 1. The van der Waals surface area contributed by atoms with Crippen LogP contribution in [-0.4, -0.2) is 54.9 Å². The van der Waals surface area contributed by atoms with E-state index in [2.05, 4.69) is 4.90 Å². The summed E-state index contributed by atoms with van der Waals surface area (Å²) in [5.74, 6) is -0.607. The van der Waals surface area contributed by atoms with Crippen LogP contribution in [0.25, 0.3) is 6.08 Å². The topological polar surface area (TPSA) is 55.8 Å². The second kappa shape index (κ2) is 8.87. The minimum Gasteiger partial charge on any atom is -0.368 e. The van der Waals surface area contributed by atoms with Gasteiger partial charge in [-0.3, -0.25) is 14.9 Å². The molecule has 1 amide bonds. The van der Waals surface area contributed by atoms with Crippen LogP contribution in [0.2, 0.25) is 0 Å². The summed E-state index contributed by atoms with van der Waals surface area (Å²) in [5, 5.41) is 8.54. The number of carbonyl (C=O) groups is 1. The number of nitrogens with zero attached hydrogens (tertiary/aromatic N) is 2. The van der Waals surface area contributed by atoms with Gasteiger partial charge in [-0.1, -0.05) is 18.2 Å². The van der Waals surface area contributed by atoms with Crippen molar-refractivity contribution in [2.45, 2.75) is 19.0 Å². The van der Waals surface area contributed by atoms with Gasteiger partial charge in [-0.2, -0.15) is 13.2 Å². The predicted molar refractivity (Wildman–Crippen MR) is 89.3 cm³/mol. The van der Waals surface area contributed by atoms with Crippen LogP contribution in [0, 0.1) is 0 Å². The quantitative estimate of drug-likeness (QED) is 0.467. The van der Waals surface area contributed by atoms with Gasteiger partial charge in [0.25, 0.3) is 5.91 Å². The van der Waals surface area contributed by atoms with Crippen LogP contribution in [0.4, 0.5) is 18.9 Å². The number of benzene rings is 1. The van der Waals surface area contributed by atoms with E-state index in [1.807, 2.05) is 29.2 Å². The summed E-state index contributed by atoms with van der Waals surface area (Å²) in [4.78, 5) is 15.3. The van der Waals surface area contributed by atoms with Gasteiger partial charge in [-0.25, -0.2) is 5.48 Å². The van der Waals surface area contributed by atoms with Crippen molar-refractivity contribution in [1.82, 2.24) is 10.4 Å². The molecule has 0 radical (unpaired) electrons. The lowest BCUT2D eigenvalue weighted by Gasteiger charge is -2.36. The van der Waals surface area contributed by atoms with Crippen molar-refractivity contribution in [2.24, 2.45) is 0 Å². The minimum absolute atomic E-state index is 0.124. The number of anilines is 1. The number of carbonyl (C=O) groups excluding carboxylic acids is 1. The number of para-hydroxylation sites is 1. The van der Waals surface area contributed by atoms with Gasteiger partial charge in [0.2, 0.25) is 0 Å². The maximum atomic E-state index is 12.2. The Kier molecular flexibility index (Phi) is 6.83. The molecule has 0 bridgehead atoms. The maximum absolute atomic E-state index is 12.2. The van der Waals surface area contributed by atoms with Crippen LogP contribution in [0.1, 0.15) is 18.4 Å². The highest BCUT2D eigenvalue weighted by Gasteiger charge is 2.27. The van der Waals surface area contributed by atoms with Crippen molar-refractivity contribution in [3.8, 4) is 0 Å². The van der Waals surface area contributed by atoms with Gasteiger partial charge in [0.05, 0.1) is 0 Å². The molecule has 0 aromatic heterocycles. The van der Waals surface area contributed by atoms with Gasteiger partial charge in [0.15, 0.2) is 0 Å². The summed E-state index contributed by atoms with van der Waals surface area (Å²) in [6.45, 7) is 3.28. The third-order valence-corrected chi connectivity index (χ3v) is 4.11. The molecule has 25 heavy (non-hydrogen) atoms. The summed E-state index contributed by atoms with van der Waals surface area (Å²) in [6, 6.07) is 7.56. The molecule has 138 valence electrons. The number of halogens is 3. The smallest absolute Gasteiger partial charge is 0.368 e. The fourth-order valence-corrected chi connectivity index (χ4v) is 2.83. The van der Waals surface area contributed by atoms with E-state index in [-0.39, 0.29) is 6.42 Å². The summed E-state index contributed by atoms with van der Waals surface area (Å²) >= 11 is 0. The van der Waals surface area contributed by atoms with Crippen LogP contribution in [-0.2, 0) is 4.79 Å². The maximum Gasteiger partial charge on any atom is 0.389 e. The van der Waals surface area contributed by atoms with Crippen LogP contribution < -0.4 is 10.4 Å². The van der Waals surface area contributed by atoms with Gasteiger partial charge in [0, 0.05) is 44.4 Å². The molecular weight excluding hydrogens is 335 g/mol. The van der Waals surface area contributed by atoms with E-state index in [1.54, 1.807) is 11.6 Å². The van der Waals surface area contributed by atoms with Crippen LogP contribution in [0.3, 0.4) is 0 Å². The number of nitrogens with one attached hydrogen (secondary N) is 1. The van der Waals surface area contributed by atoms with Gasteiger partial charge in [0.1, 0.15) is 0 Å². The molecule has 1 saturated heterocycles. The van der Waals surface area contributed by atoms with E-state index in [4.69, 9.17) is 5.21 Å². The molecule has 5 nitrogen and oxygen atoms in total. The molecule has 0 saturated carbocycles. The van der Waals surface area contributed by atoms with Gasteiger partial charge in [-0.15, -0.1) is 0 Å². The van der Waals surface area contributed by atoms with Crippen LogP contribution in [0.5, 0.6) is 0 Å². The number of hydrogen-bond donors (Lipinski definition) is 2. The normalized spacial score (nSPS) is 16.4. The zero-order valence-corrected chi connectivity index (χ0v) is 13.8. The Balaban J connectivity index is 1.90. The van der Waals surface area contributed by atoms with Crippen molar-refractivity contribution < 1.29 is 23.2 Å². The third kappa shape index (κ3) is 6.39. The first kappa shape index (κ1) is 19.3. The lowest BCUT2D eigenvalue weighted by atomic mass is 10.1. The largest absolute Gasteiger partial charge is 0.389 e. The monoisotopic (exact) mass is 357 g/mol. The van der Waals surface area contributed by atoms with Crippen molar-refractivity contribution in [3.05, 3.63) is 35.9 Å². The van der Waals surface area contributed by atoms with E-state index in [0.29, 0.717) is 32.7 Å². The number of rotatable bonds is 6. The Morgan fingerprint density at radius 3 is 2.52 bits per heavy atom. The van der Waals surface area contributed by atoms with Gasteiger partial charge < -0.3 is 4.90 Å². The first-order valence-corrected chi connectivity index (χ1v) is 8.14. The molecule has 1 aliphatic rings. The molecule has 1 aromatic carbocycles. The molecule has 0 unspecified atom stereocenters. The Morgan fingerprint density at radius 2 is 1.88 bits per heavy atom. The average Bonchev–Trinajstić information content (AvgIpc) is 2.59. The first-order valence-electron chi connectivity index (χ1n) is 8.14. The Morgan fingerprint density at radius 1 is 1.20 bits per heavy atom. The molecule has 1 aliphatic heterocycles. The number of hydroxylamine groups is 1. The second-order valence-electron chi connectivity index (χ2n) is 5.92. The van der Waals surface area contributed by atoms with E-state index >= 15 is 0 Å². The molecule has 1 fully saturated rings. The summed E-state index contributed by atoms with van der Waals surface area (Å²) in [7, 11) is 0. The fourth-order valence-electron chi connectivity index (χ4n) is 2.83. The SMILES string of the molecule is O=C(/C=C/c1ccccc1N1CCN(CCCC(F)(F)F)CC1)NO. The Hall–Kier alpha value is -2.06. The lowest BCUT2D eigenvalue weighted by Crippen LogP contribution is -2.47. The molecule has 0 atom stereocenters. The average molecular weight is 357 g/mol. The molecule has 2 N–H and O–H groups in total. The molecule has 2 rings (SSSR count). The van der Waals surface area contributed by atoms with E-state index < -0.39 is 18.5 Å². The highest BCUT2D eigenvalue weighted by molar-refractivity contribution is 5.91. The van der Waals surface area contributed by atoms with Crippen molar-refractivity contribution in [2.75, 3.05) is 37.6 Å². The zero-order valence-electron chi connectivity index (χ0n) is 13.8. The standard InChI is InChI=1S/C17H22F3N3O2/c18-17(19,20)8-3-9-22-10-12-23(13-11-22)15-5-2-1-4-14(15)6-7-16(24)21-25/h1-2,4-7,25H,3,8-13H2,(H,21,24)/b7-6+. The molecule has 1 aromatic rings. The van der Waals surface area contributed by atoms with E-state index in [1.165, 1.54) is 6.08 Å². The van der Waals surface area contributed by atoms with Gasteiger partial charge >= 0.3 is 6.18 Å². The van der Waals surface area contributed by atoms with E-state index in [9.17, 15) is 18.0 Å². The van der Waals surface area contributed by atoms with Gasteiger partial charge in [-0.05, 0) is 30.7 Å². The van der Waals surface area contributed by atoms with Crippen molar-refractivity contribution >= 4 is 17.7 Å². The zero-order chi connectivity index (χ0) is 18.3. The summed E-state index contributed by atoms with van der Waals surface area (Å²) in [6.07, 6.45) is -1.84. The highest BCUT2D eigenvalue weighted by atomic mass is 19.4. The highest BCUT2D eigenvalue weighted by Crippen LogP contribution is 2.24. The Bertz CT molecular complexity index is 597. The number of piperazine rings is 1. The molecular formula is C17H22F3N3O2. The number of hydrogen-bond acceptors (Lipinski definition) is 4. The third-order valence-electron chi connectivity index (χ3n) is 4.11. The van der Waals surface area contributed by atoms with Crippen LogP contribution >= 0.6 is 0 Å².